The van der Waals surface area contributed by atoms with E-state index in [1.807, 2.05) is 0 Å². The van der Waals surface area contributed by atoms with Gasteiger partial charge in [-0.05, 0) is 37.0 Å². The Kier molecular flexibility index (Phi) is 3.45. The predicted octanol–water partition coefficient (Wildman–Crippen LogP) is 2.05. The van der Waals surface area contributed by atoms with Gasteiger partial charge in [-0.3, -0.25) is 0 Å². The molecular formula is C12H23NO. The van der Waals surface area contributed by atoms with E-state index >= 15 is 0 Å². The van der Waals surface area contributed by atoms with Crippen molar-refractivity contribution in [1.29, 1.82) is 0 Å². The normalized spacial score (nSPS) is 43.3. The molecule has 1 heterocycles. The van der Waals surface area contributed by atoms with E-state index in [4.69, 9.17) is 4.74 Å². The summed E-state index contributed by atoms with van der Waals surface area (Å²) in [6.07, 6.45) is 3.97. The average molecular weight is 197 g/mol. The van der Waals surface area contributed by atoms with Crippen molar-refractivity contribution in [3.05, 3.63) is 0 Å². The largest absolute Gasteiger partial charge is 0.381 e. The molecule has 0 spiro atoms. The van der Waals surface area contributed by atoms with Crippen LogP contribution in [0.25, 0.3) is 0 Å². The molecule has 4 unspecified atom stereocenters. The Morgan fingerprint density at radius 3 is 2.79 bits per heavy atom. The molecule has 0 amide bonds. The maximum absolute atomic E-state index is 5.47. The number of nitrogens with one attached hydrogen (secondary N) is 1. The second kappa shape index (κ2) is 4.63. The molecule has 2 heteroatoms. The molecule has 2 fully saturated rings. The quantitative estimate of drug-likeness (QED) is 0.747. The van der Waals surface area contributed by atoms with Gasteiger partial charge >= 0.3 is 0 Å². The van der Waals surface area contributed by atoms with Gasteiger partial charge in [0, 0.05) is 19.2 Å². The molecule has 1 aliphatic heterocycles. The van der Waals surface area contributed by atoms with Gasteiger partial charge in [-0.25, -0.2) is 0 Å². The first-order chi connectivity index (χ1) is 6.77. The summed E-state index contributed by atoms with van der Waals surface area (Å²) in [5, 5.41) is 3.69. The minimum atomic E-state index is 0.770. The summed E-state index contributed by atoms with van der Waals surface area (Å²) in [4.78, 5) is 0. The van der Waals surface area contributed by atoms with E-state index in [-0.39, 0.29) is 0 Å². The smallest absolute Gasteiger partial charge is 0.0506 e. The highest BCUT2D eigenvalue weighted by molar-refractivity contribution is 4.89. The highest BCUT2D eigenvalue weighted by atomic mass is 16.5. The van der Waals surface area contributed by atoms with Gasteiger partial charge < -0.3 is 10.1 Å². The third-order valence-corrected chi connectivity index (χ3v) is 4.08. The van der Waals surface area contributed by atoms with Crippen LogP contribution in [0.1, 0.15) is 33.1 Å². The van der Waals surface area contributed by atoms with Crippen LogP contribution in [0.2, 0.25) is 0 Å². The van der Waals surface area contributed by atoms with Crippen molar-refractivity contribution in [2.24, 2.45) is 17.8 Å². The fraction of sp³-hybridized carbons (Fsp3) is 1.00. The summed E-state index contributed by atoms with van der Waals surface area (Å²) >= 11 is 0. The maximum atomic E-state index is 5.47. The Morgan fingerprint density at radius 1 is 1.36 bits per heavy atom. The van der Waals surface area contributed by atoms with Crippen LogP contribution in [0.15, 0.2) is 0 Å². The highest BCUT2D eigenvalue weighted by Gasteiger charge is 2.34. The van der Waals surface area contributed by atoms with Crippen LogP contribution in [0.5, 0.6) is 0 Å². The van der Waals surface area contributed by atoms with Gasteiger partial charge in [-0.2, -0.15) is 0 Å². The monoisotopic (exact) mass is 197 g/mol. The van der Waals surface area contributed by atoms with Crippen molar-refractivity contribution in [2.45, 2.75) is 39.2 Å². The third-order valence-electron chi connectivity index (χ3n) is 4.08. The summed E-state index contributed by atoms with van der Waals surface area (Å²) < 4.78 is 5.47. The number of ether oxygens (including phenoxy) is 1. The second-order valence-corrected chi connectivity index (χ2v) is 5.17. The maximum Gasteiger partial charge on any atom is 0.0506 e. The lowest BCUT2D eigenvalue weighted by Crippen LogP contribution is -2.49. The fourth-order valence-electron chi connectivity index (χ4n) is 2.59. The van der Waals surface area contributed by atoms with Crippen molar-refractivity contribution in [3.8, 4) is 0 Å². The van der Waals surface area contributed by atoms with Gasteiger partial charge in [-0.15, -0.1) is 0 Å². The molecule has 0 aromatic heterocycles. The number of hydrogen-bond donors (Lipinski definition) is 1. The van der Waals surface area contributed by atoms with Gasteiger partial charge in [0.05, 0.1) is 6.61 Å². The number of rotatable bonds is 3. The minimum absolute atomic E-state index is 0.770. The first kappa shape index (κ1) is 10.4. The summed E-state index contributed by atoms with van der Waals surface area (Å²) in [5.41, 5.74) is 0. The van der Waals surface area contributed by atoms with E-state index in [9.17, 15) is 0 Å². The Hall–Kier alpha value is -0.0800. The molecular weight excluding hydrogens is 174 g/mol. The van der Waals surface area contributed by atoms with Crippen molar-refractivity contribution in [3.63, 3.8) is 0 Å². The standard InChI is InChI=1S/C12H23NO/c1-9-6-12(10(9)2)13-7-11-4-3-5-14-8-11/h9-13H,3-8H2,1-2H3. The van der Waals surface area contributed by atoms with Gasteiger partial charge in [0.25, 0.3) is 0 Å². The lowest BCUT2D eigenvalue weighted by atomic mass is 9.71. The van der Waals surface area contributed by atoms with Crippen molar-refractivity contribution in [2.75, 3.05) is 19.8 Å². The van der Waals surface area contributed by atoms with E-state index in [2.05, 4.69) is 19.2 Å². The van der Waals surface area contributed by atoms with Crippen molar-refractivity contribution in [1.82, 2.24) is 5.32 Å². The highest BCUT2D eigenvalue weighted by Crippen LogP contribution is 2.33. The molecule has 2 nitrogen and oxygen atoms in total. The van der Waals surface area contributed by atoms with Crippen LogP contribution < -0.4 is 5.32 Å². The van der Waals surface area contributed by atoms with Crippen LogP contribution in [-0.4, -0.2) is 25.8 Å². The molecule has 1 aliphatic carbocycles. The molecule has 0 radical (unpaired) electrons. The topological polar surface area (TPSA) is 21.3 Å². The lowest BCUT2D eigenvalue weighted by molar-refractivity contribution is 0.0469. The Bertz CT molecular complexity index is 172. The summed E-state index contributed by atoms with van der Waals surface area (Å²) in [6, 6.07) is 0.784. The zero-order valence-electron chi connectivity index (χ0n) is 9.46. The molecule has 0 aromatic rings. The molecule has 0 aromatic carbocycles. The Labute approximate surface area is 87.4 Å². The molecule has 4 atom stereocenters. The Balaban J connectivity index is 1.62. The average Bonchev–Trinajstić information content (AvgIpc) is 2.25. The van der Waals surface area contributed by atoms with Crippen LogP contribution in [0.3, 0.4) is 0 Å². The fourth-order valence-corrected chi connectivity index (χ4v) is 2.59. The summed E-state index contributed by atoms with van der Waals surface area (Å²) in [6.45, 7) is 7.84. The summed E-state index contributed by atoms with van der Waals surface area (Å²) in [7, 11) is 0. The van der Waals surface area contributed by atoms with Crippen LogP contribution in [0.4, 0.5) is 0 Å². The van der Waals surface area contributed by atoms with E-state index in [1.54, 1.807) is 0 Å². The van der Waals surface area contributed by atoms with Crippen LogP contribution in [0, 0.1) is 17.8 Å². The second-order valence-electron chi connectivity index (χ2n) is 5.17. The Morgan fingerprint density at radius 2 is 2.21 bits per heavy atom. The predicted molar refractivity (Wildman–Crippen MR) is 58.3 cm³/mol. The van der Waals surface area contributed by atoms with Crippen LogP contribution in [-0.2, 0) is 4.74 Å². The third kappa shape index (κ3) is 2.29. The van der Waals surface area contributed by atoms with Crippen molar-refractivity contribution >= 4 is 0 Å². The van der Waals surface area contributed by atoms with Gasteiger partial charge in [0.1, 0.15) is 0 Å². The molecule has 1 saturated carbocycles. The first-order valence-electron chi connectivity index (χ1n) is 6.08. The molecule has 2 aliphatic rings. The SMILES string of the molecule is CC1CC(NCC2CCCOC2)C1C. The molecule has 14 heavy (non-hydrogen) atoms. The van der Waals surface area contributed by atoms with E-state index in [1.165, 1.54) is 25.8 Å². The molecule has 0 bridgehead atoms. The molecule has 1 saturated heterocycles. The van der Waals surface area contributed by atoms with Gasteiger partial charge in [0.2, 0.25) is 0 Å². The van der Waals surface area contributed by atoms with Gasteiger partial charge in [-0.1, -0.05) is 13.8 Å². The molecule has 1 N–H and O–H groups in total. The van der Waals surface area contributed by atoms with E-state index in [0.717, 1.165) is 37.0 Å². The zero-order valence-corrected chi connectivity index (χ0v) is 9.46. The van der Waals surface area contributed by atoms with E-state index < -0.39 is 0 Å². The van der Waals surface area contributed by atoms with Gasteiger partial charge in [0.15, 0.2) is 0 Å². The van der Waals surface area contributed by atoms with E-state index in [0.29, 0.717) is 0 Å². The van der Waals surface area contributed by atoms with Crippen molar-refractivity contribution < 1.29 is 4.74 Å². The zero-order chi connectivity index (χ0) is 9.97. The molecule has 2 rings (SSSR count). The number of hydrogen-bond acceptors (Lipinski definition) is 2. The minimum Gasteiger partial charge on any atom is -0.381 e. The molecule has 82 valence electrons. The summed E-state index contributed by atoms with van der Waals surface area (Å²) in [5.74, 6) is 2.57. The first-order valence-corrected chi connectivity index (χ1v) is 6.08. The van der Waals surface area contributed by atoms with Crippen LogP contribution >= 0.6 is 0 Å². The lowest BCUT2D eigenvalue weighted by Gasteiger charge is -2.42.